The summed E-state index contributed by atoms with van der Waals surface area (Å²) in [6.45, 7) is 2.58. The van der Waals surface area contributed by atoms with Crippen LogP contribution in [0.4, 0.5) is 10.1 Å². The molecule has 2 aromatic rings. The Bertz CT molecular complexity index is 632. The third kappa shape index (κ3) is 3.36. The van der Waals surface area contributed by atoms with Gasteiger partial charge in [0.15, 0.2) is 0 Å². The Morgan fingerprint density at radius 3 is 2.70 bits per heavy atom. The number of hydrogen-bond acceptors (Lipinski definition) is 4. The highest BCUT2D eigenvalue weighted by atomic mass is 19.1. The number of benzene rings is 1. The molecular formula is C14H14FN3O2. The van der Waals surface area contributed by atoms with Crippen LogP contribution in [0.5, 0.6) is 0 Å². The van der Waals surface area contributed by atoms with Crippen LogP contribution in [0.25, 0.3) is 0 Å². The zero-order valence-corrected chi connectivity index (χ0v) is 11.0. The van der Waals surface area contributed by atoms with Crippen molar-refractivity contribution >= 4 is 5.69 Å². The van der Waals surface area contributed by atoms with E-state index < -0.39 is 16.4 Å². The maximum absolute atomic E-state index is 13.8. The molecule has 0 unspecified atom stereocenters. The molecule has 0 saturated heterocycles. The van der Waals surface area contributed by atoms with Gasteiger partial charge >= 0.3 is 5.69 Å². The second-order valence-electron chi connectivity index (χ2n) is 4.38. The lowest BCUT2D eigenvalue weighted by molar-refractivity contribution is -0.387. The number of hydrogen-bond donors (Lipinski definition) is 1. The highest BCUT2D eigenvalue weighted by molar-refractivity contribution is 5.36. The SMILES string of the molecule is Cc1cccc(CNCc2cccc([N+](=O)[O-])c2F)n1. The Hall–Kier alpha value is -2.34. The van der Waals surface area contributed by atoms with Crippen molar-refractivity contribution in [3.8, 4) is 0 Å². The Kier molecular flexibility index (Phi) is 4.37. The number of pyridine rings is 1. The number of aryl methyl sites for hydroxylation is 1. The zero-order chi connectivity index (χ0) is 14.5. The summed E-state index contributed by atoms with van der Waals surface area (Å²) in [4.78, 5) is 14.2. The lowest BCUT2D eigenvalue weighted by Gasteiger charge is -2.06. The molecule has 0 aliphatic rings. The van der Waals surface area contributed by atoms with E-state index in [0.29, 0.717) is 6.54 Å². The standard InChI is InChI=1S/C14H14FN3O2/c1-10-4-2-6-12(17-10)9-16-8-11-5-3-7-13(14(11)15)18(19)20/h2-7,16H,8-9H2,1H3. The molecule has 1 aromatic carbocycles. The van der Waals surface area contributed by atoms with Gasteiger partial charge in [0.25, 0.3) is 0 Å². The predicted octanol–water partition coefficient (Wildman–Crippen LogP) is 2.73. The highest BCUT2D eigenvalue weighted by Gasteiger charge is 2.16. The molecule has 5 nitrogen and oxygen atoms in total. The van der Waals surface area contributed by atoms with Crippen LogP contribution in [0.3, 0.4) is 0 Å². The fourth-order valence-electron chi connectivity index (χ4n) is 1.87. The van der Waals surface area contributed by atoms with Gasteiger partial charge in [-0.25, -0.2) is 0 Å². The van der Waals surface area contributed by atoms with E-state index in [4.69, 9.17) is 0 Å². The van der Waals surface area contributed by atoms with E-state index in [2.05, 4.69) is 10.3 Å². The van der Waals surface area contributed by atoms with Crippen LogP contribution in [-0.4, -0.2) is 9.91 Å². The first-order chi connectivity index (χ1) is 9.58. The number of halogens is 1. The minimum atomic E-state index is -0.790. The topological polar surface area (TPSA) is 68.1 Å². The summed E-state index contributed by atoms with van der Waals surface area (Å²) in [5.74, 6) is -0.790. The maximum atomic E-state index is 13.8. The first-order valence-corrected chi connectivity index (χ1v) is 6.13. The molecule has 1 N–H and O–H groups in total. The predicted molar refractivity (Wildman–Crippen MR) is 72.6 cm³/mol. The second-order valence-corrected chi connectivity index (χ2v) is 4.38. The van der Waals surface area contributed by atoms with Crippen LogP contribution in [-0.2, 0) is 13.1 Å². The van der Waals surface area contributed by atoms with Gasteiger partial charge < -0.3 is 5.32 Å². The summed E-state index contributed by atoms with van der Waals surface area (Å²) < 4.78 is 13.8. The van der Waals surface area contributed by atoms with Crippen molar-refractivity contribution in [2.45, 2.75) is 20.0 Å². The lowest BCUT2D eigenvalue weighted by atomic mass is 10.2. The van der Waals surface area contributed by atoms with Crippen molar-refractivity contribution in [1.29, 1.82) is 0 Å². The van der Waals surface area contributed by atoms with Gasteiger partial charge in [-0.3, -0.25) is 15.1 Å². The Balaban J connectivity index is 2.01. The van der Waals surface area contributed by atoms with E-state index in [9.17, 15) is 14.5 Å². The minimum Gasteiger partial charge on any atom is -0.307 e. The number of aromatic nitrogens is 1. The quantitative estimate of drug-likeness (QED) is 0.673. The summed E-state index contributed by atoms with van der Waals surface area (Å²) in [7, 11) is 0. The fraction of sp³-hybridized carbons (Fsp3) is 0.214. The molecule has 0 amide bonds. The molecule has 0 saturated carbocycles. The maximum Gasteiger partial charge on any atom is 0.305 e. The van der Waals surface area contributed by atoms with Crippen molar-refractivity contribution in [1.82, 2.24) is 10.3 Å². The number of nitro benzene ring substituents is 1. The van der Waals surface area contributed by atoms with Crippen molar-refractivity contribution in [3.05, 3.63) is 69.3 Å². The molecule has 0 atom stereocenters. The van der Waals surface area contributed by atoms with Crippen LogP contribution in [0.2, 0.25) is 0 Å². The van der Waals surface area contributed by atoms with Crippen molar-refractivity contribution in [3.63, 3.8) is 0 Å². The molecule has 2 rings (SSSR count). The zero-order valence-electron chi connectivity index (χ0n) is 11.0. The van der Waals surface area contributed by atoms with Crippen LogP contribution < -0.4 is 5.32 Å². The van der Waals surface area contributed by atoms with Gasteiger partial charge in [0.2, 0.25) is 5.82 Å². The molecule has 6 heteroatoms. The van der Waals surface area contributed by atoms with E-state index in [1.165, 1.54) is 12.1 Å². The second kappa shape index (κ2) is 6.21. The van der Waals surface area contributed by atoms with E-state index in [1.54, 1.807) is 0 Å². The molecule has 0 fully saturated rings. The van der Waals surface area contributed by atoms with Gasteiger partial charge in [0, 0.05) is 30.4 Å². The van der Waals surface area contributed by atoms with Gasteiger partial charge in [-0.05, 0) is 19.1 Å². The van der Waals surface area contributed by atoms with Crippen molar-refractivity contribution < 1.29 is 9.31 Å². The lowest BCUT2D eigenvalue weighted by Crippen LogP contribution is -2.15. The fourth-order valence-corrected chi connectivity index (χ4v) is 1.87. The molecule has 0 aliphatic carbocycles. The van der Waals surface area contributed by atoms with E-state index in [0.717, 1.165) is 17.5 Å². The summed E-state index contributed by atoms with van der Waals surface area (Å²) in [6.07, 6.45) is 0. The summed E-state index contributed by atoms with van der Waals surface area (Å²) in [6, 6.07) is 9.81. The molecule has 1 aromatic heterocycles. The molecule has 0 spiro atoms. The normalized spacial score (nSPS) is 10.5. The molecule has 104 valence electrons. The van der Waals surface area contributed by atoms with Crippen LogP contribution in [0.15, 0.2) is 36.4 Å². The Morgan fingerprint density at radius 2 is 2.00 bits per heavy atom. The Labute approximate surface area is 115 Å². The molecule has 1 heterocycles. The first-order valence-electron chi connectivity index (χ1n) is 6.13. The molecule has 20 heavy (non-hydrogen) atoms. The summed E-state index contributed by atoms with van der Waals surface area (Å²) in [5, 5.41) is 13.7. The summed E-state index contributed by atoms with van der Waals surface area (Å²) >= 11 is 0. The van der Waals surface area contributed by atoms with Crippen molar-refractivity contribution in [2.75, 3.05) is 0 Å². The van der Waals surface area contributed by atoms with E-state index >= 15 is 0 Å². The summed E-state index contributed by atoms with van der Waals surface area (Å²) in [5.41, 5.74) is 1.52. The van der Waals surface area contributed by atoms with Crippen LogP contribution in [0, 0.1) is 22.9 Å². The monoisotopic (exact) mass is 275 g/mol. The molecule has 0 radical (unpaired) electrons. The third-order valence-electron chi connectivity index (χ3n) is 2.82. The number of nitro groups is 1. The molecular weight excluding hydrogens is 261 g/mol. The van der Waals surface area contributed by atoms with Crippen LogP contribution >= 0.6 is 0 Å². The van der Waals surface area contributed by atoms with Gasteiger partial charge in [-0.1, -0.05) is 18.2 Å². The van der Waals surface area contributed by atoms with Crippen LogP contribution in [0.1, 0.15) is 17.0 Å². The van der Waals surface area contributed by atoms with Gasteiger partial charge in [-0.15, -0.1) is 0 Å². The number of nitrogens with zero attached hydrogens (tertiary/aromatic N) is 2. The number of nitrogens with one attached hydrogen (secondary N) is 1. The number of rotatable bonds is 5. The van der Waals surface area contributed by atoms with E-state index in [1.807, 2.05) is 25.1 Å². The van der Waals surface area contributed by atoms with Crippen molar-refractivity contribution in [2.24, 2.45) is 0 Å². The smallest absolute Gasteiger partial charge is 0.305 e. The van der Waals surface area contributed by atoms with Gasteiger partial charge in [-0.2, -0.15) is 4.39 Å². The largest absolute Gasteiger partial charge is 0.307 e. The average Bonchev–Trinajstić information content (AvgIpc) is 2.40. The minimum absolute atomic E-state index is 0.211. The van der Waals surface area contributed by atoms with Gasteiger partial charge in [0.1, 0.15) is 0 Å². The average molecular weight is 275 g/mol. The van der Waals surface area contributed by atoms with E-state index in [-0.39, 0.29) is 12.1 Å². The molecule has 0 aliphatic heterocycles. The van der Waals surface area contributed by atoms with Gasteiger partial charge in [0.05, 0.1) is 10.6 Å². The third-order valence-corrected chi connectivity index (χ3v) is 2.82. The molecule has 0 bridgehead atoms. The highest BCUT2D eigenvalue weighted by Crippen LogP contribution is 2.19. The first kappa shape index (κ1) is 14.1. The Morgan fingerprint density at radius 1 is 1.25 bits per heavy atom.